The van der Waals surface area contributed by atoms with Gasteiger partial charge in [0.2, 0.25) is 5.95 Å². The van der Waals surface area contributed by atoms with Crippen LogP contribution in [0.5, 0.6) is 0 Å². The highest BCUT2D eigenvalue weighted by atomic mass is 32.2. The van der Waals surface area contributed by atoms with Crippen molar-refractivity contribution in [3.8, 4) is 0 Å². The molecule has 0 unspecified atom stereocenters. The van der Waals surface area contributed by atoms with Crippen LogP contribution >= 0.6 is 11.8 Å². The quantitative estimate of drug-likeness (QED) is 0.823. The van der Waals surface area contributed by atoms with E-state index < -0.39 is 0 Å². The lowest BCUT2D eigenvalue weighted by molar-refractivity contribution is 0.854. The summed E-state index contributed by atoms with van der Waals surface area (Å²) in [6.45, 7) is 0. The van der Waals surface area contributed by atoms with Crippen LogP contribution in [0.15, 0.2) is 35.2 Å². The van der Waals surface area contributed by atoms with E-state index in [4.69, 9.17) is 0 Å². The van der Waals surface area contributed by atoms with Gasteiger partial charge in [-0.3, -0.25) is 4.57 Å². The molecule has 0 radical (unpaired) electrons. The van der Waals surface area contributed by atoms with E-state index >= 15 is 0 Å². The molecule has 1 heterocycles. The molecule has 0 atom stereocenters. The second kappa shape index (κ2) is 5.03. The third-order valence-electron chi connectivity index (χ3n) is 2.30. The number of rotatable bonds is 4. The third kappa shape index (κ3) is 2.36. The molecule has 84 valence electrons. The Morgan fingerprint density at radius 2 is 2.00 bits per heavy atom. The predicted octanol–water partition coefficient (Wildman–Crippen LogP) is 2.15. The topological polar surface area (TPSA) is 42.7 Å². The largest absolute Gasteiger partial charge is 0.357 e. The van der Waals surface area contributed by atoms with E-state index in [2.05, 4.69) is 27.6 Å². The fourth-order valence-corrected chi connectivity index (χ4v) is 2.27. The van der Waals surface area contributed by atoms with Crippen molar-refractivity contribution in [1.29, 1.82) is 0 Å². The zero-order chi connectivity index (χ0) is 11.4. The van der Waals surface area contributed by atoms with Crippen LogP contribution in [0.25, 0.3) is 0 Å². The van der Waals surface area contributed by atoms with Crippen molar-refractivity contribution in [2.45, 2.75) is 10.6 Å². The van der Waals surface area contributed by atoms with Crippen molar-refractivity contribution >= 4 is 17.7 Å². The van der Waals surface area contributed by atoms with Gasteiger partial charge in [0.25, 0.3) is 0 Å². The molecule has 0 fully saturated rings. The van der Waals surface area contributed by atoms with Crippen LogP contribution in [-0.4, -0.2) is 21.8 Å². The molecule has 0 saturated heterocycles. The average molecular weight is 234 g/mol. The second-order valence-electron chi connectivity index (χ2n) is 3.35. The van der Waals surface area contributed by atoms with Gasteiger partial charge in [0.1, 0.15) is 5.82 Å². The molecular weight excluding hydrogens is 220 g/mol. The Labute approximate surface area is 99.1 Å². The first-order valence-electron chi connectivity index (χ1n) is 5.05. The molecule has 16 heavy (non-hydrogen) atoms. The Morgan fingerprint density at radius 3 is 2.62 bits per heavy atom. The highest BCUT2D eigenvalue weighted by Gasteiger charge is 2.06. The van der Waals surface area contributed by atoms with Gasteiger partial charge in [-0.2, -0.15) is 0 Å². The highest BCUT2D eigenvalue weighted by molar-refractivity contribution is 7.98. The lowest BCUT2D eigenvalue weighted by Crippen LogP contribution is -2.01. The zero-order valence-corrected chi connectivity index (χ0v) is 10.2. The fraction of sp³-hybridized carbons (Fsp3) is 0.273. The molecule has 4 nitrogen and oxygen atoms in total. The summed E-state index contributed by atoms with van der Waals surface area (Å²) in [4.78, 5) is 1.25. The summed E-state index contributed by atoms with van der Waals surface area (Å²) < 4.78 is 1.97. The number of anilines is 1. The van der Waals surface area contributed by atoms with E-state index in [1.807, 2.05) is 36.9 Å². The fourth-order valence-electron chi connectivity index (χ4n) is 1.37. The first kappa shape index (κ1) is 11.0. The Bertz CT molecular complexity index is 452. The first-order chi connectivity index (χ1) is 7.81. The molecule has 0 amide bonds. The van der Waals surface area contributed by atoms with Crippen molar-refractivity contribution in [2.75, 3.05) is 12.4 Å². The van der Waals surface area contributed by atoms with Gasteiger partial charge >= 0.3 is 0 Å². The molecule has 0 bridgehead atoms. The number of nitrogens with zero attached hydrogens (tertiary/aromatic N) is 3. The smallest absolute Gasteiger partial charge is 0.224 e. The van der Waals surface area contributed by atoms with Gasteiger partial charge in [0.05, 0.1) is 5.75 Å². The van der Waals surface area contributed by atoms with E-state index in [0.29, 0.717) is 0 Å². The van der Waals surface area contributed by atoms with Crippen LogP contribution in [0.2, 0.25) is 0 Å². The maximum absolute atomic E-state index is 4.13. The van der Waals surface area contributed by atoms with Crippen molar-refractivity contribution in [1.82, 2.24) is 14.8 Å². The summed E-state index contributed by atoms with van der Waals surface area (Å²) in [6, 6.07) is 10.3. The Morgan fingerprint density at radius 1 is 1.25 bits per heavy atom. The van der Waals surface area contributed by atoms with Crippen LogP contribution in [0.1, 0.15) is 5.82 Å². The van der Waals surface area contributed by atoms with Crippen molar-refractivity contribution in [3.05, 3.63) is 36.2 Å². The van der Waals surface area contributed by atoms with Gasteiger partial charge in [-0.15, -0.1) is 22.0 Å². The van der Waals surface area contributed by atoms with Crippen LogP contribution in [-0.2, 0) is 12.8 Å². The SMILES string of the molecule is CNc1nnc(CSc2ccccc2)n1C. The molecule has 1 aromatic heterocycles. The van der Waals surface area contributed by atoms with Gasteiger partial charge in [-0.05, 0) is 12.1 Å². The summed E-state index contributed by atoms with van der Waals surface area (Å²) in [5.74, 6) is 2.59. The van der Waals surface area contributed by atoms with Crippen molar-refractivity contribution in [2.24, 2.45) is 7.05 Å². The van der Waals surface area contributed by atoms with Crippen molar-refractivity contribution < 1.29 is 0 Å². The summed E-state index contributed by atoms with van der Waals surface area (Å²) in [5.41, 5.74) is 0. The lowest BCUT2D eigenvalue weighted by atomic mass is 10.4. The summed E-state index contributed by atoms with van der Waals surface area (Å²) >= 11 is 1.76. The standard InChI is InChI=1S/C11H14N4S/c1-12-11-14-13-10(15(11)2)8-16-9-6-4-3-5-7-9/h3-7H,8H2,1-2H3,(H,12,14). The minimum atomic E-state index is 0.795. The highest BCUT2D eigenvalue weighted by Crippen LogP contribution is 2.21. The molecule has 5 heteroatoms. The minimum Gasteiger partial charge on any atom is -0.357 e. The number of nitrogens with one attached hydrogen (secondary N) is 1. The Kier molecular flexibility index (Phi) is 3.46. The molecular formula is C11H14N4S. The normalized spacial score (nSPS) is 10.4. The number of hydrogen-bond acceptors (Lipinski definition) is 4. The number of hydrogen-bond donors (Lipinski definition) is 1. The average Bonchev–Trinajstić information content (AvgIpc) is 2.69. The molecule has 0 aliphatic rings. The summed E-state index contributed by atoms with van der Waals surface area (Å²) in [6.07, 6.45) is 0. The minimum absolute atomic E-state index is 0.795. The maximum atomic E-state index is 4.13. The van der Waals surface area contributed by atoms with Gasteiger partial charge in [-0.25, -0.2) is 0 Å². The van der Waals surface area contributed by atoms with Crippen LogP contribution in [0.3, 0.4) is 0 Å². The van der Waals surface area contributed by atoms with Crippen molar-refractivity contribution in [3.63, 3.8) is 0 Å². The van der Waals surface area contributed by atoms with Gasteiger partial charge in [0, 0.05) is 19.0 Å². The van der Waals surface area contributed by atoms with Crippen LogP contribution in [0.4, 0.5) is 5.95 Å². The Balaban J connectivity index is 2.02. The predicted molar refractivity (Wildman–Crippen MR) is 66.6 cm³/mol. The summed E-state index contributed by atoms with van der Waals surface area (Å²) in [5, 5.41) is 11.2. The van der Waals surface area contributed by atoms with E-state index in [1.54, 1.807) is 11.8 Å². The van der Waals surface area contributed by atoms with E-state index in [1.165, 1.54) is 4.90 Å². The first-order valence-corrected chi connectivity index (χ1v) is 6.03. The lowest BCUT2D eigenvalue weighted by Gasteiger charge is -2.02. The molecule has 0 saturated carbocycles. The van der Waals surface area contributed by atoms with Crippen LogP contribution < -0.4 is 5.32 Å². The molecule has 0 aliphatic carbocycles. The van der Waals surface area contributed by atoms with Gasteiger partial charge in [0.15, 0.2) is 0 Å². The molecule has 2 rings (SSSR count). The van der Waals surface area contributed by atoms with E-state index in [0.717, 1.165) is 17.5 Å². The Hall–Kier alpha value is -1.49. The monoisotopic (exact) mass is 234 g/mol. The number of thioether (sulfide) groups is 1. The molecule has 2 aromatic rings. The molecule has 0 spiro atoms. The molecule has 1 aromatic carbocycles. The number of benzene rings is 1. The number of aromatic nitrogens is 3. The zero-order valence-electron chi connectivity index (χ0n) is 9.34. The maximum Gasteiger partial charge on any atom is 0.224 e. The second-order valence-corrected chi connectivity index (χ2v) is 4.40. The molecule has 1 N–H and O–H groups in total. The van der Waals surface area contributed by atoms with Crippen LogP contribution in [0, 0.1) is 0 Å². The molecule has 0 aliphatic heterocycles. The third-order valence-corrected chi connectivity index (χ3v) is 3.31. The van der Waals surface area contributed by atoms with Gasteiger partial charge < -0.3 is 5.32 Å². The van der Waals surface area contributed by atoms with Gasteiger partial charge in [-0.1, -0.05) is 18.2 Å². The summed E-state index contributed by atoms with van der Waals surface area (Å²) in [7, 11) is 3.81. The van der Waals surface area contributed by atoms with E-state index in [9.17, 15) is 0 Å². The van der Waals surface area contributed by atoms with E-state index in [-0.39, 0.29) is 0 Å².